The molecule has 1 unspecified atom stereocenters. The molecular formula is C26H19ClF3N3O. The van der Waals surface area contributed by atoms with Gasteiger partial charge in [-0.15, -0.1) is 0 Å². The fourth-order valence-electron chi connectivity index (χ4n) is 4.07. The third-order valence-electron chi connectivity index (χ3n) is 5.92. The van der Waals surface area contributed by atoms with E-state index >= 15 is 0 Å². The molecule has 1 heterocycles. The highest BCUT2D eigenvalue weighted by Gasteiger charge is 2.55. The molecule has 1 atom stereocenters. The van der Waals surface area contributed by atoms with Crippen LogP contribution in [-0.4, -0.2) is 27.6 Å². The van der Waals surface area contributed by atoms with Crippen LogP contribution in [0.1, 0.15) is 5.56 Å². The van der Waals surface area contributed by atoms with E-state index in [2.05, 4.69) is 10.4 Å². The lowest BCUT2D eigenvalue weighted by molar-refractivity contribution is -0.260. The quantitative estimate of drug-likeness (QED) is 0.294. The number of benzene rings is 4. The Hall–Kier alpha value is -3.55. The van der Waals surface area contributed by atoms with Gasteiger partial charge in [-0.25, -0.2) is 4.68 Å². The van der Waals surface area contributed by atoms with Crippen molar-refractivity contribution in [3.8, 4) is 5.69 Å². The molecule has 172 valence electrons. The van der Waals surface area contributed by atoms with E-state index in [9.17, 15) is 18.3 Å². The van der Waals surface area contributed by atoms with E-state index in [1.807, 2.05) is 30.3 Å². The van der Waals surface area contributed by atoms with Crippen molar-refractivity contribution in [2.24, 2.45) is 0 Å². The fraction of sp³-hybridized carbons (Fsp3) is 0.115. The Kier molecular flexibility index (Phi) is 5.46. The van der Waals surface area contributed by atoms with E-state index in [1.165, 1.54) is 18.3 Å². The number of hydrogen-bond acceptors (Lipinski definition) is 3. The molecular weight excluding hydrogens is 463 g/mol. The van der Waals surface area contributed by atoms with Crippen molar-refractivity contribution >= 4 is 39.0 Å². The predicted molar refractivity (Wildman–Crippen MR) is 128 cm³/mol. The Morgan fingerprint density at radius 2 is 1.59 bits per heavy atom. The number of nitrogens with one attached hydrogen (secondary N) is 1. The summed E-state index contributed by atoms with van der Waals surface area (Å²) in [4.78, 5) is 0. The first-order valence-corrected chi connectivity index (χ1v) is 10.9. The van der Waals surface area contributed by atoms with Crippen molar-refractivity contribution in [1.82, 2.24) is 9.78 Å². The van der Waals surface area contributed by atoms with Crippen molar-refractivity contribution in [2.75, 3.05) is 11.9 Å². The summed E-state index contributed by atoms with van der Waals surface area (Å²) in [5.74, 6) is 0. The van der Waals surface area contributed by atoms with Crippen LogP contribution in [0, 0.1) is 0 Å². The Bertz CT molecular complexity index is 1480. The average Bonchev–Trinajstić information content (AvgIpc) is 3.27. The molecule has 34 heavy (non-hydrogen) atoms. The highest BCUT2D eigenvalue weighted by atomic mass is 35.5. The molecule has 0 saturated heterocycles. The van der Waals surface area contributed by atoms with E-state index in [0.29, 0.717) is 32.4 Å². The molecule has 0 aliphatic rings. The van der Waals surface area contributed by atoms with E-state index in [4.69, 9.17) is 11.6 Å². The van der Waals surface area contributed by atoms with Crippen LogP contribution in [-0.2, 0) is 5.60 Å². The smallest absolute Gasteiger partial charge is 0.381 e. The van der Waals surface area contributed by atoms with Gasteiger partial charge >= 0.3 is 6.18 Å². The van der Waals surface area contributed by atoms with Gasteiger partial charge in [-0.2, -0.15) is 18.3 Å². The third-order valence-corrected chi connectivity index (χ3v) is 6.25. The summed E-state index contributed by atoms with van der Waals surface area (Å²) >= 11 is 6.22. The molecule has 4 aromatic carbocycles. The van der Waals surface area contributed by atoms with Gasteiger partial charge in [-0.05, 0) is 42.0 Å². The molecule has 5 rings (SSSR count). The number of aromatic nitrogens is 2. The standard InChI is InChI=1S/C26H19ClF3N3O/c27-22-11-12-23(21-9-5-4-8-20(21)22)31-16-25(34,26(28,29)30)18-10-13-24-17(14-18)15-32-33(24)19-6-2-1-3-7-19/h1-15,31,34H,16H2. The van der Waals surface area contributed by atoms with Crippen LogP contribution in [0.15, 0.2) is 91.1 Å². The first-order valence-electron chi connectivity index (χ1n) is 10.5. The second kappa shape index (κ2) is 8.34. The summed E-state index contributed by atoms with van der Waals surface area (Å²) in [6.45, 7) is -0.777. The zero-order valence-electron chi connectivity index (χ0n) is 17.7. The maximum Gasteiger partial charge on any atom is 0.423 e. The summed E-state index contributed by atoms with van der Waals surface area (Å²) < 4.78 is 44.3. The van der Waals surface area contributed by atoms with Crippen molar-refractivity contribution in [1.29, 1.82) is 0 Å². The van der Waals surface area contributed by atoms with E-state index in [0.717, 1.165) is 5.69 Å². The molecule has 0 fully saturated rings. The molecule has 0 aliphatic carbocycles. The second-order valence-electron chi connectivity index (χ2n) is 8.02. The van der Waals surface area contributed by atoms with Crippen LogP contribution in [0.3, 0.4) is 0 Å². The number of alkyl halides is 3. The number of hydrogen-bond donors (Lipinski definition) is 2. The van der Waals surface area contributed by atoms with Gasteiger partial charge in [0.25, 0.3) is 0 Å². The van der Waals surface area contributed by atoms with Crippen molar-refractivity contribution < 1.29 is 18.3 Å². The normalized spacial score (nSPS) is 13.8. The van der Waals surface area contributed by atoms with Gasteiger partial charge in [0.2, 0.25) is 5.60 Å². The lowest BCUT2D eigenvalue weighted by Gasteiger charge is -2.32. The van der Waals surface area contributed by atoms with Crippen LogP contribution in [0.4, 0.5) is 18.9 Å². The van der Waals surface area contributed by atoms with Gasteiger partial charge in [0, 0.05) is 26.9 Å². The van der Waals surface area contributed by atoms with Crippen molar-refractivity contribution in [3.63, 3.8) is 0 Å². The minimum atomic E-state index is -4.93. The number of rotatable bonds is 5. The maximum atomic E-state index is 14.2. The number of anilines is 1. The molecule has 0 spiro atoms. The minimum Gasteiger partial charge on any atom is -0.381 e. The average molecular weight is 482 g/mol. The summed E-state index contributed by atoms with van der Waals surface area (Å²) in [5, 5.41) is 20.4. The van der Waals surface area contributed by atoms with Crippen molar-refractivity contribution in [3.05, 3.63) is 102 Å². The van der Waals surface area contributed by atoms with E-state index < -0.39 is 18.3 Å². The molecule has 2 N–H and O–H groups in total. The largest absolute Gasteiger partial charge is 0.423 e. The fourth-order valence-corrected chi connectivity index (χ4v) is 4.30. The minimum absolute atomic E-state index is 0.272. The molecule has 0 amide bonds. The first-order chi connectivity index (χ1) is 16.3. The number of fused-ring (bicyclic) bond motifs is 2. The van der Waals surface area contributed by atoms with Gasteiger partial charge in [-0.3, -0.25) is 0 Å². The highest BCUT2D eigenvalue weighted by Crippen LogP contribution is 2.41. The molecule has 1 aromatic heterocycles. The van der Waals surface area contributed by atoms with Crippen molar-refractivity contribution in [2.45, 2.75) is 11.8 Å². The van der Waals surface area contributed by atoms with E-state index in [1.54, 1.807) is 47.1 Å². The number of halogens is 4. The first kappa shape index (κ1) is 22.3. The molecule has 0 aliphatic heterocycles. The topological polar surface area (TPSA) is 50.1 Å². The monoisotopic (exact) mass is 481 g/mol. The van der Waals surface area contributed by atoms with Gasteiger partial charge in [-0.1, -0.05) is 60.1 Å². The lowest BCUT2D eigenvalue weighted by atomic mass is 9.91. The summed E-state index contributed by atoms with van der Waals surface area (Å²) in [6, 6.07) is 23.8. The molecule has 0 radical (unpaired) electrons. The highest BCUT2D eigenvalue weighted by molar-refractivity contribution is 6.36. The van der Waals surface area contributed by atoms with Crippen LogP contribution in [0.5, 0.6) is 0 Å². The van der Waals surface area contributed by atoms with Crippen LogP contribution in [0.2, 0.25) is 5.02 Å². The third kappa shape index (κ3) is 3.77. The Labute approximate surface area is 198 Å². The van der Waals surface area contributed by atoms with Gasteiger partial charge in [0.1, 0.15) is 0 Å². The van der Waals surface area contributed by atoms with Crippen LogP contribution >= 0.6 is 11.6 Å². The molecule has 0 bridgehead atoms. The number of nitrogens with zero attached hydrogens (tertiary/aromatic N) is 2. The molecule has 0 saturated carbocycles. The Balaban J connectivity index is 1.52. The number of aliphatic hydroxyl groups is 1. The van der Waals surface area contributed by atoms with Crippen LogP contribution < -0.4 is 5.32 Å². The van der Waals surface area contributed by atoms with Gasteiger partial charge in [0.15, 0.2) is 0 Å². The molecule has 8 heteroatoms. The summed E-state index contributed by atoms with van der Waals surface area (Å²) in [5.41, 5.74) is -1.54. The van der Waals surface area contributed by atoms with E-state index in [-0.39, 0.29) is 5.56 Å². The van der Waals surface area contributed by atoms with Gasteiger partial charge < -0.3 is 10.4 Å². The molecule has 4 nitrogen and oxygen atoms in total. The Morgan fingerprint density at radius 1 is 0.882 bits per heavy atom. The zero-order chi connectivity index (χ0) is 23.9. The lowest BCUT2D eigenvalue weighted by Crippen LogP contribution is -2.47. The maximum absolute atomic E-state index is 14.2. The second-order valence-corrected chi connectivity index (χ2v) is 8.42. The number of para-hydroxylation sites is 1. The predicted octanol–water partition coefficient (Wildman–Crippen LogP) is 6.69. The van der Waals surface area contributed by atoms with Gasteiger partial charge in [0.05, 0.1) is 23.9 Å². The Morgan fingerprint density at radius 3 is 2.32 bits per heavy atom. The SMILES string of the molecule is OC(CNc1ccc(Cl)c2ccccc12)(c1ccc2c(cnn2-c2ccccc2)c1)C(F)(F)F. The van der Waals surface area contributed by atoms with Crippen LogP contribution in [0.25, 0.3) is 27.4 Å². The summed E-state index contributed by atoms with van der Waals surface area (Å²) in [6.07, 6.45) is -3.44. The summed E-state index contributed by atoms with van der Waals surface area (Å²) in [7, 11) is 0. The molecule has 5 aromatic rings. The zero-order valence-corrected chi connectivity index (χ0v) is 18.5.